The third-order valence-electron chi connectivity index (χ3n) is 2.53. The van der Waals surface area contributed by atoms with Gasteiger partial charge in [-0.3, -0.25) is 4.68 Å². The molecule has 1 N–H and O–H groups in total. The molecular formula is C13H15BrN2O2. The van der Waals surface area contributed by atoms with Gasteiger partial charge in [-0.15, -0.1) is 0 Å². The van der Waals surface area contributed by atoms with E-state index in [1.807, 2.05) is 29.1 Å². The maximum atomic E-state index is 9.29. The predicted octanol–water partition coefficient (Wildman–Crippen LogP) is 3.51. The number of rotatable bonds is 4. The molecule has 0 saturated heterocycles. The van der Waals surface area contributed by atoms with Gasteiger partial charge in [0.15, 0.2) is 5.75 Å². The van der Waals surface area contributed by atoms with Crippen LogP contribution in [0.25, 0.3) is 0 Å². The first-order chi connectivity index (χ1) is 8.60. The second-order valence-electron chi connectivity index (χ2n) is 4.26. The van der Waals surface area contributed by atoms with Gasteiger partial charge in [0.1, 0.15) is 5.75 Å². The number of hydrogen-bond donors (Lipinski definition) is 1. The zero-order valence-corrected chi connectivity index (χ0v) is 11.9. The van der Waals surface area contributed by atoms with E-state index in [4.69, 9.17) is 4.74 Å². The van der Waals surface area contributed by atoms with E-state index < -0.39 is 0 Å². The Morgan fingerprint density at radius 3 is 2.83 bits per heavy atom. The lowest BCUT2D eigenvalue weighted by Crippen LogP contribution is -1.99. The van der Waals surface area contributed by atoms with Gasteiger partial charge in [0.05, 0.1) is 19.0 Å². The topological polar surface area (TPSA) is 47.3 Å². The molecule has 0 aliphatic heterocycles. The Kier molecular flexibility index (Phi) is 4.04. The molecular weight excluding hydrogens is 296 g/mol. The van der Waals surface area contributed by atoms with Crippen LogP contribution in [0.1, 0.15) is 25.5 Å². The summed E-state index contributed by atoms with van der Waals surface area (Å²) in [6, 6.07) is 5.83. The highest BCUT2D eigenvalue weighted by Crippen LogP contribution is 2.28. The largest absolute Gasteiger partial charge is 0.454 e. The maximum Gasteiger partial charge on any atom is 0.165 e. The summed E-state index contributed by atoms with van der Waals surface area (Å²) < 4.78 is 8.46. The van der Waals surface area contributed by atoms with Gasteiger partial charge >= 0.3 is 0 Å². The van der Waals surface area contributed by atoms with Crippen molar-refractivity contribution in [1.29, 1.82) is 0 Å². The van der Waals surface area contributed by atoms with E-state index >= 15 is 0 Å². The number of aromatic nitrogens is 2. The molecule has 0 aliphatic rings. The summed E-state index contributed by atoms with van der Waals surface area (Å²) in [6.45, 7) is 4.04. The zero-order chi connectivity index (χ0) is 13.1. The molecule has 5 heteroatoms. The first kappa shape index (κ1) is 13.1. The van der Waals surface area contributed by atoms with E-state index in [2.05, 4.69) is 34.9 Å². The summed E-state index contributed by atoms with van der Waals surface area (Å²) >= 11 is 3.36. The third-order valence-corrected chi connectivity index (χ3v) is 3.02. The number of ether oxygens (including phenoxy) is 1. The summed E-state index contributed by atoms with van der Waals surface area (Å²) in [5.41, 5.74) is 0.738. The highest BCUT2D eigenvalue weighted by atomic mass is 79.9. The summed E-state index contributed by atoms with van der Waals surface area (Å²) in [5.74, 6) is 1.31. The standard InChI is InChI=1S/C13H15BrN2O2/c1-9(2)16-7-12(6-15-16)18-13-4-3-11(14)5-10(13)8-17/h3-7,9,17H,8H2,1-2H3. The van der Waals surface area contributed by atoms with Crippen LogP contribution >= 0.6 is 15.9 Å². The van der Waals surface area contributed by atoms with Crippen LogP contribution in [0, 0.1) is 0 Å². The van der Waals surface area contributed by atoms with E-state index in [0.29, 0.717) is 17.5 Å². The minimum atomic E-state index is -0.0624. The molecule has 0 unspecified atom stereocenters. The SMILES string of the molecule is CC(C)n1cc(Oc2ccc(Br)cc2CO)cn1. The van der Waals surface area contributed by atoms with Crippen LogP contribution in [-0.2, 0) is 6.61 Å². The van der Waals surface area contributed by atoms with E-state index in [9.17, 15) is 5.11 Å². The fourth-order valence-electron chi connectivity index (χ4n) is 1.55. The quantitative estimate of drug-likeness (QED) is 0.940. The third kappa shape index (κ3) is 2.91. The molecule has 0 amide bonds. The average molecular weight is 311 g/mol. The lowest BCUT2D eigenvalue weighted by Gasteiger charge is -2.08. The number of benzene rings is 1. The molecule has 1 aromatic carbocycles. The molecule has 0 saturated carbocycles. The fourth-order valence-corrected chi connectivity index (χ4v) is 1.96. The molecule has 0 bridgehead atoms. The molecule has 4 nitrogen and oxygen atoms in total. The van der Waals surface area contributed by atoms with Crippen LogP contribution in [0.4, 0.5) is 0 Å². The van der Waals surface area contributed by atoms with Crippen LogP contribution in [-0.4, -0.2) is 14.9 Å². The zero-order valence-electron chi connectivity index (χ0n) is 10.3. The van der Waals surface area contributed by atoms with Gasteiger partial charge in [-0.25, -0.2) is 0 Å². The molecule has 2 rings (SSSR count). The smallest absolute Gasteiger partial charge is 0.165 e. The summed E-state index contributed by atoms with van der Waals surface area (Å²) in [6.07, 6.45) is 3.51. The van der Waals surface area contributed by atoms with Gasteiger partial charge in [-0.2, -0.15) is 5.10 Å². The van der Waals surface area contributed by atoms with Gasteiger partial charge in [-0.1, -0.05) is 15.9 Å². The lowest BCUT2D eigenvalue weighted by molar-refractivity contribution is 0.276. The van der Waals surface area contributed by atoms with Crippen molar-refractivity contribution < 1.29 is 9.84 Å². The van der Waals surface area contributed by atoms with Crippen LogP contribution in [0.2, 0.25) is 0 Å². The van der Waals surface area contributed by atoms with Crippen molar-refractivity contribution in [3.8, 4) is 11.5 Å². The summed E-state index contributed by atoms with van der Waals surface area (Å²) in [7, 11) is 0. The van der Waals surface area contributed by atoms with Gasteiger partial charge in [-0.05, 0) is 32.0 Å². The monoisotopic (exact) mass is 310 g/mol. The van der Waals surface area contributed by atoms with E-state index in [0.717, 1.165) is 10.0 Å². The summed E-state index contributed by atoms with van der Waals surface area (Å²) in [4.78, 5) is 0. The number of aliphatic hydroxyl groups excluding tert-OH is 1. The van der Waals surface area contributed by atoms with Crippen molar-refractivity contribution >= 4 is 15.9 Å². The predicted molar refractivity (Wildman–Crippen MR) is 72.8 cm³/mol. The maximum absolute atomic E-state index is 9.29. The molecule has 0 spiro atoms. The van der Waals surface area contributed by atoms with Crippen LogP contribution < -0.4 is 4.74 Å². The highest BCUT2D eigenvalue weighted by Gasteiger charge is 2.07. The Hall–Kier alpha value is -1.33. The van der Waals surface area contributed by atoms with Crippen molar-refractivity contribution in [2.45, 2.75) is 26.5 Å². The fraction of sp³-hybridized carbons (Fsp3) is 0.308. The van der Waals surface area contributed by atoms with Gasteiger partial charge in [0.2, 0.25) is 0 Å². The molecule has 1 aromatic heterocycles. The van der Waals surface area contributed by atoms with Crippen molar-refractivity contribution in [3.63, 3.8) is 0 Å². The van der Waals surface area contributed by atoms with Gasteiger partial charge in [0.25, 0.3) is 0 Å². The first-order valence-electron chi connectivity index (χ1n) is 5.71. The van der Waals surface area contributed by atoms with Crippen molar-refractivity contribution in [1.82, 2.24) is 9.78 Å². The summed E-state index contributed by atoms with van der Waals surface area (Å²) in [5, 5.41) is 13.5. The molecule has 2 aromatic rings. The van der Waals surface area contributed by atoms with Crippen LogP contribution in [0.15, 0.2) is 35.1 Å². The molecule has 0 fully saturated rings. The second kappa shape index (κ2) is 5.54. The Morgan fingerprint density at radius 1 is 1.44 bits per heavy atom. The number of aliphatic hydroxyl groups is 1. The van der Waals surface area contributed by atoms with E-state index in [1.54, 1.807) is 6.20 Å². The molecule has 96 valence electrons. The average Bonchev–Trinajstić information content (AvgIpc) is 2.80. The Morgan fingerprint density at radius 2 is 2.22 bits per heavy atom. The number of nitrogens with zero attached hydrogens (tertiary/aromatic N) is 2. The molecule has 0 aliphatic carbocycles. The van der Waals surface area contributed by atoms with Crippen LogP contribution in [0.3, 0.4) is 0 Å². The van der Waals surface area contributed by atoms with E-state index in [-0.39, 0.29) is 6.61 Å². The minimum Gasteiger partial charge on any atom is -0.454 e. The normalized spacial score (nSPS) is 10.9. The van der Waals surface area contributed by atoms with Crippen LogP contribution in [0.5, 0.6) is 11.5 Å². The first-order valence-corrected chi connectivity index (χ1v) is 6.50. The van der Waals surface area contributed by atoms with Crippen molar-refractivity contribution in [2.24, 2.45) is 0 Å². The van der Waals surface area contributed by atoms with Crippen molar-refractivity contribution in [2.75, 3.05) is 0 Å². The van der Waals surface area contributed by atoms with Gasteiger partial charge < -0.3 is 9.84 Å². The van der Waals surface area contributed by atoms with E-state index in [1.165, 1.54) is 0 Å². The highest BCUT2D eigenvalue weighted by molar-refractivity contribution is 9.10. The van der Waals surface area contributed by atoms with Gasteiger partial charge in [0, 0.05) is 16.1 Å². The Bertz CT molecular complexity index is 538. The molecule has 0 atom stereocenters. The molecule has 0 radical (unpaired) electrons. The molecule has 1 heterocycles. The number of halogens is 1. The number of hydrogen-bond acceptors (Lipinski definition) is 3. The molecule has 18 heavy (non-hydrogen) atoms. The lowest BCUT2D eigenvalue weighted by atomic mass is 10.2. The Balaban J connectivity index is 2.22. The second-order valence-corrected chi connectivity index (χ2v) is 5.18. The Labute approximate surface area is 114 Å². The van der Waals surface area contributed by atoms with Crippen molar-refractivity contribution in [3.05, 3.63) is 40.6 Å². The minimum absolute atomic E-state index is 0.0624.